The number of aromatic nitrogens is 2. The molecule has 2 rings (SSSR count). The average molecular weight is 294 g/mol. The standard InChI is InChI=1S/C15H26N4O2/c1-10-7-12(19(6)18-10)17-13(20)9-16-11-8-14(2,3)21-15(11,4)5/h7,11,16H,8-9H2,1-6H3,(H,17,20). The first-order valence-electron chi connectivity index (χ1n) is 7.33. The Morgan fingerprint density at radius 3 is 2.62 bits per heavy atom. The number of ether oxygens (including phenoxy) is 1. The lowest BCUT2D eigenvalue weighted by Gasteiger charge is -2.27. The van der Waals surface area contributed by atoms with Gasteiger partial charge in [-0.1, -0.05) is 0 Å². The van der Waals surface area contributed by atoms with Crippen LogP contribution in [0.4, 0.5) is 5.82 Å². The molecule has 6 heteroatoms. The van der Waals surface area contributed by atoms with Gasteiger partial charge in [0.15, 0.2) is 0 Å². The van der Waals surface area contributed by atoms with E-state index in [4.69, 9.17) is 4.74 Å². The van der Waals surface area contributed by atoms with E-state index >= 15 is 0 Å². The Balaban J connectivity index is 1.88. The number of nitrogens with one attached hydrogen (secondary N) is 2. The summed E-state index contributed by atoms with van der Waals surface area (Å²) in [6.45, 7) is 10.4. The monoisotopic (exact) mass is 294 g/mol. The fourth-order valence-corrected chi connectivity index (χ4v) is 3.01. The van der Waals surface area contributed by atoms with Crippen LogP contribution in [-0.4, -0.2) is 39.5 Å². The molecule has 0 aromatic carbocycles. The molecule has 0 bridgehead atoms. The van der Waals surface area contributed by atoms with Gasteiger partial charge in [0.05, 0.1) is 23.4 Å². The van der Waals surface area contributed by atoms with Crippen molar-refractivity contribution in [1.82, 2.24) is 15.1 Å². The molecule has 118 valence electrons. The van der Waals surface area contributed by atoms with Gasteiger partial charge in [-0.3, -0.25) is 9.48 Å². The van der Waals surface area contributed by atoms with Crippen molar-refractivity contribution in [3.05, 3.63) is 11.8 Å². The third-order valence-electron chi connectivity index (χ3n) is 3.85. The van der Waals surface area contributed by atoms with Crippen molar-refractivity contribution >= 4 is 11.7 Å². The van der Waals surface area contributed by atoms with E-state index in [0.717, 1.165) is 12.1 Å². The highest BCUT2D eigenvalue weighted by Gasteiger charge is 2.45. The molecule has 1 unspecified atom stereocenters. The van der Waals surface area contributed by atoms with Crippen LogP contribution in [0, 0.1) is 6.92 Å². The SMILES string of the molecule is Cc1cc(NC(=O)CNC2CC(C)(C)OC2(C)C)n(C)n1. The van der Waals surface area contributed by atoms with Gasteiger partial charge in [0.1, 0.15) is 5.82 Å². The summed E-state index contributed by atoms with van der Waals surface area (Å²) < 4.78 is 7.68. The Hall–Kier alpha value is -1.40. The molecule has 0 aliphatic carbocycles. The van der Waals surface area contributed by atoms with Gasteiger partial charge in [-0.05, 0) is 41.0 Å². The zero-order chi connectivity index (χ0) is 15.8. The molecule has 1 atom stereocenters. The zero-order valence-corrected chi connectivity index (χ0v) is 13.8. The van der Waals surface area contributed by atoms with Crippen molar-refractivity contribution in [2.45, 2.75) is 58.3 Å². The summed E-state index contributed by atoms with van der Waals surface area (Å²) in [5.41, 5.74) is 0.455. The summed E-state index contributed by atoms with van der Waals surface area (Å²) in [6.07, 6.45) is 0.887. The van der Waals surface area contributed by atoms with Crippen LogP contribution in [0.15, 0.2) is 6.07 Å². The van der Waals surface area contributed by atoms with Gasteiger partial charge in [-0.15, -0.1) is 0 Å². The van der Waals surface area contributed by atoms with Crippen molar-refractivity contribution in [2.75, 3.05) is 11.9 Å². The first kappa shape index (κ1) is 16.0. The molecule has 1 saturated heterocycles. The molecule has 1 aromatic rings. The average Bonchev–Trinajstić information content (AvgIpc) is 2.71. The fraction of sp³-hybridized carbons (Fsp3) is 0.733. The lowest BCUT2D eigenvalue weighted by Crippen LogP contribution is -2.46. The van der Waals surface area contributed by atoms with E-state index in [2.05, 4.69) is 43.4 Å². The number of amides is 1. The lowest BCUT2D eigenvalue weighted by molar-refractivity contribution is -0.115. The molecule has 1 fully saturated rings. The molecule has 0 radical (unpaired) electrons. The molecule has 2 heterocycles. The van der Waals surface area contributed by atoms with Gasteiger partial charge in [0.2, 0.25) is 5.91 Å². The summed E-state index contributed by atoms with van der Waals surface area (Å²) in [5.74, 6) is 0.639. The van der Waals surface area contributed by atoms with Gasteiger partial charge in [0.25, 0.3) is 0 Å². The van der Waals surface area contributed by atoms with Crippen LogP contribution in [0.25, 0.3) is 0 Å². The van der Waals surface area contributed by atoms with Crippen LogP contribution in [0.2, 0.25) is 0 Å². The van der Waals surface area contributed by atoms with Crippen LogP contribution in [0.3, 0.4) is 0 Å². The second-order valence-corrected chi connectivity index (χ2v) is 6.95. The van der Waals surface area contributed by atoms with Crippen molar-refractivity contribution in [3.8, 4) is 0 Å². The van der Waals surface area contributed by atoms with Crippen molar-refractivity contribution in [2.24, 2.45) is 7.05 Å². The van der Waals surface area contributed by atoms with Crippen molar-refractivity contribution in [1.29, 1.82) is 0 Å². The van der Waals surface area contributed by atoms with E-state index in [1.54, 1.807) is 4.68 Å². The number of carbonyl (C=O) groups is 1. The Kier molecular flexibility index (Phi) is 4.13. The van der Waals surface area contributed by atoms with Gasteiger partial charge >= 0.3 is 0 Å². The molecular formula is C15H26N4O2. The van der Waals surface area contributed by atoms with E-state index in [0.29, 0.717) is 5.82 Å². The number of hydrogen-bond acceptors (Lipinski definition) is 4. The highest BCUT2D eigenvalue weighted by molar-refractivity contribution is 5.91. The van der Waals surface area contributed by atoms with E-state index in [9.17, 15) is 4.79 Å². The Morgan fingerprint density at radius 2 is 2.14 bits per heavy atom. The van der Waals surface area contributed by atoms with Gasteiger partial charge in [-0.2, -0.15) is 5.10 Å². The minimum atomic E-state index is -0.271. The molecular weight excluding hydrogens is 268 g/mol. The molecule has 0 saturated carbocycles. The number of anilines is 1. The van der Waals surface area contributed by atoms with Crippen LogP contribution in [0.1, 0.15) is 39.8 Å². The second-order valence-electron chi connectivity index (χ2n) is 6.95. The molecule has 6 nitrogen and oxygen atoms in total. The first-order valence-corrected chi connectivity index (χ1v) is 7.33. The predicted octanol–water partition coefficient (Wildman–Crippen LogP) is 1.60. The highest BCUT2D eigenvalue weighted by atomic mass is 16.5. The van der Waals surface area contributed by atoms with Gasteiger partial charge < -0.3 is 15.4 Å². The minimum Gasteiger partial charge on any atom is -0.368 e. The summed E-state index contributed by atoms with van der Waals surface area (Å²) in [4.78, 5) is 12.0. The summed E-state index contributed by atoms with van der Waals surface area (Å²) in [5, 5.41) is 10.4. The molecule has 1 aromatic heterocycles. The molecule has 1 aliphatic rings. The number of rotatable bonds is 4. The molecule has 1 aliphatic heterocycles. The van der Waals surface area contributed by atoms with Crippen LogP contribution >= 0.6 is 0 Å². The summed E-state index contributed by atoms with van der Waals surface area (Å²) in [7, 11) is 1.81. The molecule has 21 heavy (non-hydrogen) atoms. The third-order valence-corrected chi connectivity index (χ3v) is 3.85. The van der Waals surface area contributed by atoms with Crippen molar-refractivity contribution in [3.63, 3.8) is 0 Å². The number of carbonyl (C=O) groups excluding carboxylic acids is 1. The summed E-state index contributed by atoms with van der Waals surface area (Å²) in [6, 6.07) is 2.01. The van der Waals surface area contributed by atoms with Crippen molar-refractivity contribution < 1.29 is 9.53 Å². The third kappa shape index (κ3) is 3.83. The van der Waals surface area contributed by atoms with E-state index in [-0.39, 0.29) is 29.7 Å². The van der Waals surface area contributed by atoms with E-state index in [1.165, 1.54) is 0 Å². The van der Waals surface area contributed by atoms with Crippen LogP contribution in [-0.2, 0) is 16.6 Å². The molecule has 0 spiro atoms. The van der Waals surface area contributed by atoms with Crippen LogP contribution < -0.4 is 10.6 Å². The van der Waals surface area contributed by atoms with E-state index < -0.39 is 0 Å². The number of aryl methyl sites for hydroxylation is 2. The minimum absolute atomic E-state index is 0.0708. The largest absolute Gasteiger partial charge is 0.368 e. The second kappa shape index (κ2) is 5.42. The first-order chi connectivity index (χ1) is 9.59. The number of hydrogen-bond donors (Lipinski definition) is 2. The van der Waals surface area contributed by atoms with Crippen LogP contribution in [0.5, 0.6) is 0 Å². The predicted molar refractivity (Wildman–Crippen MR) is 82.2 cm³/mol. The van der Waals surface area contributed by atoms with Gasteiger partial charge in [0, 0.05) is 19.2 Å². The van der Waals surface area contributed by atoms with E-state index in [1.807, 2.05) is 20.0 Å². The summed E-state index contributed by atoms with van der Waals surface area (Å²) >= 11 is 0. The molecule has 2 N–H and O–H groups in total. The van der Waals surface area contributed by atoms with Gasteiger partial charge in [-0.25, -0.2) is 0 Å². The normalized spacial score (nSPS) is 23.2. The Morgan fingerprint density at radius 1 is 1.48 bits per heavy atom. The Bertz CT molecular complexity index is 534. The topological polar surface area (TPSA) is 68.2 Å². The smallest absolute Gasteiger partial charge is 0.239 e. The maximum Gasteiger partial charge on any atom is 0.239 e. The highest BCUT2D eigenvalue weighted by Crippen LogP contribution is 2.37. The quantitative estimate of drug-likeness (QED) is 0.885. The maximum absolute atomic E-state index is 12.0. The maximum atomic E-state index is 12.0. The zero-order valence-electron chi connectivity index (χ0n) is 13.8. The molecule has 1 amide bonds. The Labute approximate surface area is 126 Å². The lowest BCUT2D eigenvalue weighted by atomic mass is 9.94. The fourth-order valence-electron chi connectivity index (χ4n) is 3.01. The number of nitrogens with zero attached hydrogens (tertiary/aromatic N) is 2.